The first kappa shape index (κ1) is 16.8. The van der Waals surface area contributed by atoms with Gasteiger partial charge in [0.1, 0.15) is 0 Å². The predicted octanol–water partition coefficient (Wildman–Crippen LogP) is 3.01. The number of nitrogen functional groups attached to an aromatic ring is 1. The lowest BCUT2D eigenvalue weighted by Crippen LogP contribution is -2.15. The van der Waals surface area contributed by atoms with Gasteiger partial charge in [0.25, 0.3) is 11.8 Å². The molecule has 0 fully saturated rings. The molecule has 2 rings (SSSR count). The van der Waals surface area contributed by atoms with Gasteiger partial charge in [-0.2, -0.15) is 13.2 Å². The summed E-state index contributed by atoms with van der Waals surface area (Å²) in [5.41, 5.74) is 10.6. The summed E-state index contributed by atoms with van der Waals surface area (Å²) in [6.45, 7) is 1.52. The highest BCUT2D eigenvalue weighted by Crippen LogP contribution is 2.32. The quantitative estimate of drug-likeness (QED) is 0.799. The van der Waals surface area contributed by atoms with E-state index in [1.165, 1.54) is 6.92 Å². The Kier molecular flexibility index (Phi) is 4.33. The number of alkyl halides is 3. The summed E-state index contributed by atoms with van der Waals surface area (Å²) in [5, 5.41) is 2.57. The molecule has 122 valence electrons. The Morgan fingerprint density at radius 2 is 1.74 bits per heavy atom. The molecule has 0 aliphatic carbocycles. The molecule has 23 heavy (non-hydrogen) atoms. The number of primary amides is 1. The molecule has 1 aromatic carbocycles. The smallest absolute Gasteiger partial charge is 0.390 e. The van der Waals surface area contributed by atoms with Crippen LogP contribution in [-0.4, -0.2) is 11.8 Å². The van der Waals surface area contributed by atoms with Gasteiger partial charge in [-0.05, 0) is 36.8 Å². The zero-order valence-electron chi connectivity index (χ0n) is 11.8. The maximum Gasteiger partial charge on any atom is 0.416 e. The molecule has 0 aliphatic rings. The first-order chi connectivity index (χ1) is 10.6. The van der Waals surface area contributed by atoms with Gasteiger partial charge in [0.2, 0.25) is 0 Å². The number of benzene rings is 1. The highest BCUT2D eigenvalue weighted by molar-refractivity contribution is 7.18. The van der Waals surface area contributed by atoms with Crippen LogP contribution in [0, 0.1) is 6.92 Å². The summed E-state index contributed by atoms with van der Waals surface area (Å²) in [6, 6.07) is 4.00. The van der Waals surface area contributed by atoms with E-state index in [0.717, 1.165) is 35.6 Å². The molecule has 9 heteroatoms. The molecule has 0 bridgehead atoms. The van der Waals surface area contributed by atoms with E-state index in [1.807, 2.05) is 0 Å². The Morgan fingerprint density at radius 3 is 2.17 bits per heavy atom. The van der Waals surface area contributed by atoms with Crippen LogP contribution in [0.1, 0.15) is 31.2 Å². The van der Waals surface area contributed by atoms with Gasteiger partial charge in [-0.15, -0.1) is 11.3 Å². The predicted molar refractivity (Wildman–Crippen MR) is 81.4 cm³/mol. The number of nitrogens with one attached hydrogen (secondary N) is 1. The van der Waals surface area contributed by atoms with Crippen molar-refractivity contribution < 1.29 is 22.8 Å². The van der Waals surface area contributed by atoms with E-state index in [1.54, 1.807) is 0 Å². The minimum Gasteiger partial charge on any atom is -0.390 e. The van der Waals surface area contributed by atoms with Crippen LogP contribution in [0.4, 0.5) is 23.9 Å². The standard InChI is InChI=1S/C14H12F3N3O2S/c1-6-9(11(18)21)12(19)23-10(6)13(22)20-8-4-2-7(3-5-8)14(15,16)17/h2-5H,19H2,1H3,(H2,18,21)(H,20,22). The van der Waals surface area contributed by atoms with Crippen molar-refractivity contribution in [2.24, 2.45) is 5.73 Å². The number of halogens is 3. The first-order valence-corrected chi connectivity index (χ1v) is 7.10. The van der Waals surface area contributed by atoms with Gasteiger partial charge in [0.05, 0.1) is 21.0 Å². The number of carbonyl (C=O) groups is 2. The Labute approximate surface area is 133 Å². The van der Waals surface area contributed by atoms with Gasteiger partial charge in [-0.25, -0.2) is 0 Å². The van der Waals surface area contributed by atoms with Crippen LogP contribution in [0.15, 0.2) is 24.3 Å². The summed E-state index contributed by atoms with van der Waals surface area (Å²) in [7, 11) is 0. The summed E-state index contributed by atoms with van der Waals surface area (Å²) in [5.74, 6) is -1.32. The fourth-order valence-corrected chi connectivity index (χ4v) is 2.96. The van der Waals surface area contributed by atoms with Crippen LogP contribution in [0.5, 0.6) is 0 Å². The first-order valence-electron chi connectivity index (χ1n) is 6.28. The van der Waals surface area contributed by atoms with Crippen LogP contribution < -0.4 is 16.8 Å². The molecule has 1 heterocycles. The normalized spacial score (nSPS) is 11.3. The van der Waals surface area contributed by atoms with Crippen LogP contribution in [-0.2, 0) is 6.18 Å². The molecule has 1 aromatic heterocycles. The lowest BCUT2D eigenvalue weighted by Gasteiger charge is -2.08. The van der Waals surface area contributed by atoms with E-state index in [2.05, 4.69) is 5.32 Å². The molecule has 0 unspecified atom stereocenters. The van der Waals surface area contributed by atoms with E-state index in [4.69, 9.17) is 11.5 Å². The number of hydrogen-bond acceptors (Lipinski definition) is 4. The van der Waals surface area contributed by atoms with Crippen molar-refractivity contribution in [1.29, 1.82) is 0 Å². The average Bonchev–Trinajstić information content (AvgIpc) is 2.73. The number of amides is 2. The second kappa shape index (κ2) is 5.92. The van der Waals surface area contributed by atoms with Gasteiger partial charge in [0.15, 0.2) is 0 Å². The number of carbonyl (C=O) groups excluding carboxylic acids is 2. The van der Waals surface area contributed by atoms with E-state index >= 15 is 0 Å². The second-order valence-corrected chi connectivity index (χ2v) is 5.74. The van der Waals surface area contributed by atoms with Gasteiger partial charge < -0.3 is 16.8 Å². The van der Waals surface area contributed by atoms with Crippen molar-refractivity contribution in [3.05, 3.63) is 45.8 Å². The molecule has 0 spiro atoms. The fraction of sp³-hybridized carbons (Fsp3) is 0.143. The molecule has 0 saturated carbocycles. The highest BCUT2D eigenvalue weighted by Gasteiger charge is 2.30. The number of anilines is 2. The zero-order valence-corrected chi connectivity index (χ0v) is 12.6. The van der Waals surface area contributed by atoms with Gasteiger partial charge >= 0.3 is 6.18 Å². The number of hydrogen-bond donors (Lipinski definition) is 3. The van der Waals surface area contributed by atoms with Crippen molar-refractivity contribution in [1.82, 2.24) is 0 Å². The summed E-state index contributed by atoms with van der Waals surface area (Å²) in [6.07, 6.45) is -4.45. The van der Waals surface area contributed by atoms with Crippen molar-refractivity contribution >= 4 is 33.8 Å². The van der Waals surface area contributed by atoms with Gasteiger partial charge in [-0.3, -0.25) is 9.59 Å². The molecule has 5 N–H and O–H groups in total. The Hall–Kier alpha value is -2.55. The van der Waals surface area contributed by atoms with Crippen molar-refractivity contribution in [3.8, 4) is 0 Å². The maximum absolute atomic E-state index is 12.5. The van der Waals surface area contributed by atoms with E-state index in [9.17, 15) is 22.8 Å². The second-order valence-electron chi connectivity index (χ2n) is 4.69. The van der Waals surface area contributed by atoms with Crippen molar-refractivity contribution in [2.75, 3.05) is 11.1 Å². The molecule has 0 radical (unpaired) electrons. The number of nitrogens with two attached hydrogens (primary N) is 2. The third kappa shape index (κ3) is 3.45. The lowest BCUT2D eigenvalue weighted by atomic mass is 10.1. The molecule has 0 atom stereocenters. The monoisotopic (exact) mass is 343 g/mol. The highest BCUT2D eigenvalue weighted by atomic mass is 32.1. The Bertz CT molecular complexity index is 767. The molecular weight excluding hydrogens is 331 g/mol. The Balaban J connectivity index is 2.23. The minimum atomic E-state index is -4.45. The van der Waals surface area contributed by atoms with E-state index < -0.39 is 23.6 Å². The molecular formula is C14H12F3N3O2S. The van der Waals surface area contributed by atoms with E-state index in [-0.39, 0.29) is 21.1 Å². The minimum absolute atomic E-state index is 0.0765. The van der Waals surface area contributed by atoms with Crippen molar-refractivity contribution in [3.63, 3.8) is 0 Å². The van der Waals surface area contributed by atoms with Crippen LogP contribution in [0.25, 0.3) is 0 Å². The molecule has 2 aromatic rings. The topological polar surface area (TPSA) is 98.2 Å². The van der Waals surface area contributed by atoms with Gasteiger partial charge in [0, 0.05) is 5.69 Å². The van der Waals surface area contributed by atoms with Crippen LogP contribution in [0.3, 0.4) is 0 Å². The third-order valence-electron chi connectivity index (χ3n) is 3.10. The largest absolute Gasteiger partial charge is 0.416 e. The molecule has 0 saturated heterocycles. The zero-order chi connectivity index (χ0) is 17.4. The van der Waals surface area contributed by atoms with Gasteiger partial charge in [-0.1, -0.05) is 0 Å². The van der Waals surface area contributed by atoms with Crippen LogP contribution in [0.2, 0.25) is 0 Å². The SMILES string of the molecule is Cc1c(C(=O)Nc2ccc(C(F)(F)F)cc2)sc(N)c1C(N)=O. The van der Waals surface area contributed by atoms with Crippen LogP contribution >= 0.6 is 11.3 Å². The van der Waals surface area contributed by atoms with Crippen molar-refractivity contribution in [2.45, 2.75) is 13.1 Å². The average molecular weight is 343 g/mol. The number of rotatable bonds is 3. The fourth-order valence-electron chi connectivity index (χ4n) is 1.99. The van der Waals surface area contributed by atoms with E-state index in [0.29, 0.717) is 5.56 Å². The lowest BCUT2D eigenvalue weighted by molar-refractivity contribution is -0.137. The summed E-state index contributed by atoms with van der Waals surface area (Å²) in [4.78, 5) is 23.6. The number of thiophene rings is 1. The summed E-state index contributed by atoms with van der Waals surface area (Å²) < 4.78 is 37.4. The molecule has 0 aliphatic heterocycles. The Morgan fingerprint density at radius 1 is 1.17 bits per heavy atom. The third-order valence-corrected chi connectivity index (χ3v) is 4.22. The maximum atomic E-state index is 12.5. The summed E-state index contributed by atoms with van der Waals surface area (Å²) >= 11 is 0.889. The molecule has 5 nitrogen and oxygen atoms in total. The molecule has 2 amide bonds.